The Bertz CT molecular complexity index is 2550. The summed E-state index contributed by atoms with van der Waals surface area (Å²) in [7, 11) is 0. The van der Waals surface area contributed by atoms with Gasteiger partial charge in [0.1, 0.15) is 25.5 Å². The number of hydrogen-bond acceptors (Lipinski definition) is 9. The summed E-state index contributed by atoms with van der Waals surface area (Å²) in [4.78, 5) is 66.6. The normalized spacial score (nSPS) is 15.8. The van der Waals surface area contributed by atoms with Gasteiger partial charge in [-0.15, -0.1) is 0 Å². The number of carbonyl (C=O) groups excluding carboxylic acids is 4. The van der Waals surface area contributed by atoms with E-state index in [1.165, 1.54) is 10.9 Å². The Morgan fingerprint density at radius 1 is 0.759 bits per heavy atom. The quantitative estimate of drug-likeness (QED) is 0.0584. The van der Waals surface area contributed by atoms with Crippen LogP contribution < -0.4 is 15.4 Å². The van der Waals surface area contributed by atoms with E-state index in [2.05, 4.69) is 25.6 Å². The summed E-state index contributed by atoms with van der Waals surface area (Å²) in [5, 5.41) is 5.01. The van der Waals surface area contributed by atoms with Gasteiger partial charge in [-0.3, -0.25) is 9.59 Å². The lowest BCUT2D eigenvalue weighted by Gasteiger charge is -2.23. The Labute approximate surface area is 324 Å². The van der Waals surface area contributed by atoms with Crippen molar-refractivity contribution in [1.29, 1.82) is 0 Å². The molecule has 2 atom stereocenters. The van der Waals surface area contributed by atoms with Gasteiger partial charge in [-0.05, 0) is 34.4 Å². The number of rotatable bonds is 9. The first-order valence-corrected chi connectivity index (χ1v) is 17.7. The lowest BCUT2D eigenvalue weighted by Crippen LogP contribution is -2.47. The molecule has 0 radical (unpaired) electrons. The number of nitrogens with zero attached hydrogens (tertiary/aromatic N) is 5. The lowest BCUT2D eigenvalue weighted by atomic mass is 9.98. The highest BCUT2D eigenvalue weighted by Crippen LogP contribution is 2.44. The molecule has 2 aliphatic rings. The van der Waals surface area contributed by atoms with Crippen molar-refractivity contribution in [3.05, 3.63) is 137 Å². The molecule has 2 N–H and O–H groups in total. The number of benzene rings is 4. The van der Waals surface area contributed by atoms with Crippen molar-refractivity contribution in [3.8, 4) is 16.9 Å². The average Bonchev–Trinajstić information content (AvgIpc) is 3.97. The third-order valence-electron chi connectivity index (χ3n) is 9.99. The minimum absolute atomic E-state index is 0.0399. The van der Waals surface area contributed by atoms with E-state index in [1.807, 2.05) is 48.5 Å². The number of aromatic nitrogens is 4. The van der Waals surface area contributed by atoms with Crippen LogP contribution in [-0.4, -0.2) is 74.0 Å². The minimum atomic E-state index is -2.46. The van der Waals surface area contributed by atoms with Crippen molar-refractivity contribution in [3.63, 3.8) is 0 Å². The van der Waals surface area contributed by atoms with E-state index >= 15 is 0 Å². The minimum Gasteiger partial charge on any atom is -0.449 e. The number of carbonyl (C=O) groups is 4. The first-order valence-electron chi connectivity index (χ1n) is 17.7. The van der Waals surface area contributed by atoms with Crippen LogP contribution in [0.2, 0.25) is 0 Å². The molecule has 2 aromatic heterocycles. The highest BCUT2D eigenvalue weighted by atomic mass is 19.2. The number of likely N-dealkylation sites (tertiary alicyclic amines) is 1. The SMILES string of the molecule is O=C(NCC(=O)N1C[C@H](n2cnc3c(NC(=O)c4ccccc4)ncnc32)C[C@@H]1C(=O)Oc1c(F)c(F)c(F)c(F)c1F)OCC1c2ccccc2-c2ccccc21. The van der Waals surface area contributed by atoms with E-state index in [4.69, 9.17) is 9.47 Å². The first kappa shape index (κ1) is 37.7. The predicted octanol–water partition coefficient (Wildman–Crippen LogP) is 6.06. The van der Waals surface area contributed by atoms with Gasteiger partial charge in [-0.1, -0.05) is 66.7 Å². The zero-order chi connectivity index (χ0) is 40.7. The summed E-state index contributed by atoms with van der Waals surface area (Å²) in [5.41, 5.74) is 4.53. The Kier molecular flexibility index (Phi) is 9.98. The molecule has 3 heterocycles. The molecule has 18 heteroatoms. The Balaban J connectivity index is 1.01. The van der Waals surface area contributed by atoms with Gasteiger partial charge in [0, 0.05) is 24.4 Å². The molecule has 1 aliphatic carbocycles. The fourth-order valence-electron chi connectivity index (χ4n) is 7.24. The average molecular weight is 798 g/mol. The molecule has 0 spiro atoms. The number of imidazole rings is 1. The van der Waals surface area contributed by atoms with Gasteiger partial charge in [-0.25, -0.2) is 37.7 Å². The van der Waals surface area contributed by atoms with E-state index in [1.54, 1.807) is 30.3 Å². The van der Waals surface area contributed by atoms with Crippen LogP contribution in [0.4, 0.5) is 32.6 Å². The van der Waals surface area contributed by atoms with Crippen LogP contribution in [0.1, 0.15) is 39.9 Å². The molecule has 1 fully saturated rings. The molecule has 6 aromatic rings. The van der Waals surface area contributed by atoms with Gasteiger partial charge in [0.2, 0.25) is 40.7 Å². The summed E-state index contributed by atoms with van der Waals surface area (Å²) in [5.74, 6) is -16.9. The highest BCUT2D eigenvalue weighted by Gasteiger charge is 2.43. The van der Waals surface area contributed by atoms with Crippen LogP contribution in [0, 0.1) is 29.1 Å². The molecule has 1 saturated heterocycles. The smallest absolute Gasteiger partial charge is 0.407 e. The van der Waals surface area contributed by atoms with Crippen LogP contribution in [0.15, 0.2) is 91.5 Å². The first-order chi connectivity index (χ1) is 28.0. The number of esters is 1. The molecule has 4 aromatic carbocycles. The molecule has 0 bridgehead atoms. The monoisotopic (exact) mass is 797 g/mol. The Morgan fingerprint density at radius 2 is 1.38 bits per heavy atom. The number of nitrogens with one attached hydrogen (secondary N) is 2. The molecule has 13 nitrogen and oxygen atoms in total. The van der Waals surface area contributed by atoms with Crippen molar-refractivity contribution in [2.75, 3.05) is 25.0 Å². The standard InChI is InChI=1S/C40H28F5N7O6/c41-29-30(42)32(44)35(33(45)31(29)43)58-39(55)27-14-21(52-19-49-34-36(47-18-48-37(34)52)50-38(54)20-8-2-1-3-9-20)16-51(27)28(53)15-46-40(56)57-17-26-24-12-6-4-10-22(24)23-11-5-7-13-25(23)26/h1-13,18-19,21,26-27H,14-17H2,(H,46,56)(H,47,48,50,54)/t21-,27-/m1/s1. The zero-order valence-corrected chi connectivity index (χ0v) is 29.8. The van der Waals surface area contributed by atoms with Gasteiger partial charge < -0.3 is 29.6 Å². The third-order valence-corrected chi connectivity index (χ3v) is 9.99. The van der Waals surface area contributed by atoms with Crippen molar-refractivity contribution < 1.29 is 50.6 Å². The van der Waals surface area contributed by atoms with Gasteiger partial charge >= 0.3 is 12.1 Å². The highest BCUT2D eigenvalue weighted by molar-refractivity contribution is 6.06. The van der Waals surface area contributed by atoms with Gasteiger partial charge in [0.15, 0.2) is 17.0 Å². The van der Waals surface area contributed by atoms with Gasteiger partial charge in [0.05, 0.1) is 12.4 Å². The summed E-state index contributed by atoms with van der Waals surface area (Å²) in [6.45, 7) is -1.10. The second-order valence-electron chi connectivity index (χ2n) is 13.3. The fraction of sp³-hybridized carbons (Fsp3) is 0.175. The van der Waals surface area contributed by atoms with Gasteiger partial charge in [0.25, 0.3) is 5.91 Å². The number of amides is 3. The molecule has 8 rings (SSSR count). The maximum absolute atomic E-state index is 14.6. The molecule has 294 valence electrons. The van der Waals surface area contributed by atoms with Crippen LogP contribution in [0.25, 0.3) is 22.3 Å². The number of hydrogen-bond donors (Lipinski definition) is 2. The summed E-state index contributed by atoms with van der Waals surface area (Å²) in [6, 6.07) is 21.1. The summed E-state index contributed by atoms with van der Waals surface area (Å²) < 4.78 is 82.6. The van der Waals surface area contributed by atoms with Crippen LogP contribution in [-0.2, 0) is 14.3 Å². The van der Waals surface area contributed by atoms with Crippen molar-refractivity contribution >= 4 is 40.9 Å². The predicted molar refractivity (Wildman–Crippen MR) is 194 cm³/mol. The second-order valence-corrected chi connectivity index (χ2v) is 13.3. The van der Waals surface area contributed by atoms with E-state index in [9.17, 15) is 41.1 Å². The number of fused-ring (bicyclic) bond motifs is 4. The summed E-state index contributed by atoms with van der Waals surface area (Å²) >= 11 is 0. The molecular formula is C40H28F5N7O6. The zero-order valence-electron chi connectivity index (χ0n) is 29.8. The fourth-order valence-corrected chi connectivity index (χ4v) is 7.24. The molecular weight excluding hydrogens is 769 g/mol. The molecule has 1 aliphatic heterocycles. The van der Waals surface area contributed by atoms with Gasteiger partial charge in [-0.2, -0.15) is 8.78 Å². The van der Waals surface area contributed by atoms with Crippen LogP contribution in [0.3, 0.4) is 0 Å². The number of anilines is 1. The van der Waals surface area contributed by atoms with Crippen molar-refractivity contribution in [1.82, 2.24) is 29.7 Å². The van der Waals surface area contributed by atoms with E-state index in [0.717, 1.165) is 33.5 Å². The lowest BCUT2D eigenvalue weighted by molar-refractivity contribution is -0.146. The maximum atomic E-state index is 14.6. The van der Waals surface area contributed by atoms with Crippen LogP contribution >= 0.6 is 0 Å². The number of alkyl carbamates (subject to hydrolysis) is 1. The Hall–Kier alpha value is -7.24. The maximum Gasteiger partial charge on any atom is 0.407 e. The van der Waals surface area contributed by atoms with E-state index in [-0.39, 0.29) is 42.5 Å². The topological polar surface area (TPSA) is 158 Å². The van der Waals surface area contributed by atoms with E-state index < -0.39 is 77.3 Å². The van der Waals surface area contributed by atoms with Crippen molar-refractivity contribution in [2.45, 2.75) is 24.4 Å². The second kappa shape index (κ2) is 15.4. The van der Waals surface area contributed by atoms with Crippen molar-refractivity contribution in [2.24, 2.45) is 0 Å². The Morgan fingerprint density at radius 3 is 2.05 bits per heavy atom. The largest absolute Gasteiger partial charge is 0.449 e. The third kappa shape index (κ3) is 6.81. The summed E-state index contributed by atoms with van der Waals surface area (Å²) in [6.07, 6.45) is 1.16. The molecule has 3 amide bonds. The molecule has 0 saturated carbocycles. The molecule has 0 unspecified atom stereocenters. The molecule has 58 heavy (non-hydrogen) atoms. The van der Waals surface area contributed by atoms with E-state index in [0.29, 0.717) is 5.56 Å². The van der Waals surface area contributed by atoms with Crippen LogP contribution in [0.5, 0.6) is 5.75 Å². The number of ether oxygens (including phenoxy) is 2. The number of halogens is 5.